The fourth-order valence-corrected chi connectivity index (χ4v) is 2.69. The Labute approximate surface area is 143 Å². The Hall–Kier alpha value is -2.75. The first-order valence-corrected chi connectivity index (χ1v) is 7.73. The molecule has 2 aromatic rings. The van der Waals surface area contributed by atoms with Crippen molar-refractivity contribution in [3.05, 3.63) is 64.9 Å². The number of carbonyl (C=O) groups excluding carboxylic acids is 1. The molecule has 0 unspecified atom stereocenters. The van der Waals surface area contributed by atoms with Crippen molar-refractivity contribution in [3.63, 3.8) is 0 Å². The molecule has 0 heterocycles. The summed E-state index contributed by atoms with van der Waals surface area (Å²) < 4.78 is 10.4. The molecule has 0 aromatic heterocycles. The zero-order valence-electron chi connectivity index (χ0n) is 14.8. The molecule has 0 atom stereocenters. The highest BCUT2D eigenvalue weighted by Gasteiger charge is 2.08. The van der Waals surface area contributed by atoms with Gasteiger partial charge in [-0.15, -0.1) is 0 Å². The quantitative estimate of drug-likeness (QED) is 0.630. The van der Waals surface area contributed by atoms with Crippen LogP contribution in [0.15, 0.2) is 42.6 Å². The maximum absolute atomic E-state index is 12.3. The second-order valence-electron chi connectivity index (χ2n) is 5.69. The van der Waals surface area contributed by atoms with Gasteiger partial charge in [-0.3, -0.25) is 4.79 Å². The van der Waals surface area contributed by atoms with Crippen LogP contribution >= 0.6 is 0 Å². The molecule has 0 aliphatic carbocycles. The molecule has 0 amide bonds. The predicted molar refractivity (Wildman–Crippen MR) is 97.3 cm³/mol. The fraction of sp³-hybridized carbons (Fsp3) is 0.250. The average molecular weight is 325 g/mol. The zero-order valence-corrected chi connectivity index (χ0v) is 14.8. The Morgan fingerprint density at radius 3 is 2.17 bits per heavy atom. The normalized spacial score (nSPS) is 10.7. The van der Waals surface area contributed by atoms with Crippen molar-refractivity contribution in [1.82, 2.24) is 0 Å². The third-order valence-corrected chi connectivity index (χ3v) is 3.81. The summed E-state index contributed by atoms with van der Waals surface area (Å²) in [7, 11) is 3.11. The van der Waals surface area contributed by atoms with Crippen molar-refractivity contribution in [2.24, 2.45) is 0 Å². The van der Waals surface area contributed by atoms with Crippen LogP contribution in [0.5, 0.6) is 11.5 Å². The van der Waals surface area contributed by atoms with Crippen LogP contribution in [0.4, 0.5) is 5.69 Å². The van der Waals surface area contributed by atoms with Crippen LogP contribution in [0, 0.1) is 20.8 Å². The highest BCUT2D eigenvalue weighted by Crippen LogP contribution is 2.28. The number of benzene rings is 2. The van der Waals surface area contributed by atoms with E-state index in [-0.39, 0.29) is 5.78 Å². The number of aryl methyl sites for hydroxylation is 3. The van der Waals surface area contributed by atoms with Gasteiger partial charge in [-0.05, 0) is 50.1 Å². The summed E-state index contributed by atoms with van der Waals surface area (Å²) in [5.41, 5.74) is 5.09. The van der Waals surface area contributed by atoms with Crippen LogP contribution in [0.2, 0.25) is 0 Å². The number of nitrogens with one attached hydrogen (secondary N) is 1. The number of ketones is 1. The molecule has 2 rings (SSSR count). The lowest BCUT2D eigenvalue weighted by molar-refractivity contribution is 0.104. The van der Waals surface area contributed by atoms with E-state index in [2.05, 4.69) is 24.4 Å². The molecule has 0 aliphatic heterocycles. The maximum atomic E-state index is 12.3. The summed E-state index contributed by atoms with van der Waals surface area (Å²) in [6.45, 7) is 6.17. The molecule has 0 radical (unpaired) electrons. The van der Waals surface area contributed by atoms with E-state index >= 15 is 0 Å². The lowest BCUT2D eigenvalue weighted by Crippen LogP contribution is -2.00. The molecule has 24 heavy (non-hydrogen) atoms. The van der Waals surface area contributed by atoms with Crippen LogP contribution in [0.3, 0.4) is 0 Å². The van der Waals surface area contributed by atoms with E-state index in [0.717, 1.165) is 16.8 Å². The Kier molecular flexibility index (Phi) is 5.64. The monoisotopic (exact) mass is 325 g/mol. The van der Waals surface area contributed by atoms with Crippen LogP contribution in [0.25, 0.3) is 0 Å². The van der Waals surface area contributed by atoms with Gasteiger partial charge in [0.2, 0.25) is 0 Å². The summed E-state index contributed by atoms with van der Waals surface area (Å²) in [5, 5.41) is 3.20. The molecule has 0 aliphatic rings. The van der Waals surface area contributed by atoms with Crippen LogP contribution in [-0.4, -0.2) is 20.0 Å². The molecule has 126 valence electrons. The zero-order chi connectivity index (χ0) is 17.7. The average Bonchev–Trinajstić information content (AvgIpc) is 2.56. The van der Waals surface area contributed by atoms with Gasteiger partial charge in [0.1, 0.15) is 0 Å². The number of methoxy groups -OCH3 is 2. The van der Waals surface area contributed by atoms with E-state index < -0.39 is 0 Å². The van der Waals surface area contributed by atoms with Gasteiger partial charge in [-0.1, -0.05) is 17.7 Å². The van der Waals surface area contributed by atoms with Gasteiger partial charge in [0.15, 0.2) is 17.3 Å². The first-order valence-electron chi connectivity index (χ1n) is 7.73. The highest BCUT2D eigenvalue weighted by atomic mass is 16.5. The number of ether oxygens (including phenoxy) is 2. The van der Waals surface area contributed by atoms with Crippen LogP contribution < -0.4 is 14.8 Å². The minimum Gasteiger partial charge on any atom is -0.493 e. The largest absolute Gasteiger partial charge is 0.493 e. The standard InChI is InChI=1S/C20H23NO3/c1-13-10-14(2)20(15(3)11-13)21-9-8-17(22)16-6-7-18(23-4)19(12-16)24-5/h6-12,21H,1-5H3/b9-8+. The minimum atomic E-state index is -0.106. The van der Waals surface area contributed by atoms with Crippen molar-refractivity contribution in [2.75, 3.05) is 19.5 Å². The van der Waals surface area contributed by atoms with Crippen molar-refractivity contribution in [2.45, 2.75) is 20.8 Å². The first kappa shape index (κ1) is 17.6. The SMILES string of the molecule is COc1ccc(C(=O)/C=C/Nc2c(C)cc(C)cc2C)cc1OC. The summed E-state index contributed by atoms with van der Waals surface area (Å²) in [6.07, 6.45) is 3.18. The summed E-state index contributed by atoms with van der Waals surface area (Å²) in [5.74, 6) is 1.03. The Bertz CT molecular complexity index is 755. The van der Waals surface area contributed by atoms with Crippen LogP contribution in [-0.2, 0) is 0 Å². The maximum Gasteiger partial charge on any atom is 0.187 e. The number of allylic oxidation sites excluding steroid dienone is 1. The first-order chi connectivity index (χ1) is 11.5. The smallest absolute Gasteiger partial charge is 0.187 e. The van der Waals surface area contributed by atoms with Crippen molar-refractivity contribution < 1.29 is 14.3 Å². The van der Waals surface area contributed by atoms with Crippen molar-refractivity contribution in [3.8, 4) is 11.5 Å². The highest BCUT2D eigenvalue weighted by molar-refractivity contribution is 6.05. The van der Waals surface area contributed by atoms with Crippen LogP contribution in [0.1, 0.15) is 27.0 Å². The molecule has 0 fully saturated rings. The molecule has 0 saturated carbocycles. The summed E-state index contributed by atoms with van der Waals surface area (Å²) in [4.78, 5) is 12.3. The van der Waals surface area contributed by atoms with E-state index in [9.17, 15) is 4.79 Å². The predicted octanol–water partition coefficient (Wildman–Crippen LogP) is 4.44. The molecule has 0 bridgehead atoms. The Morgan fingerprint density at radius 1 is 0.958 bits per heavy atom. The number of anilines is 1. The van der Waals surface area contributed by atoms with E-state index in [1.807, 2.05) is 13.8 Å². The lowest BCUT2D eigenvalue weighted by atomic mass is 10.1. The summed E-state index contributed by atoms with van der Waals surface area (Å²) in [6, 6.07) is 9.34. The third-order valence-electron chi connectivity index (χ3n) is 3.81. The second-order valence-corrected chi connectivity index (χ2v) is 5.69. The third kappa shape index (κ3) is 3.96. The van der Waals surface area contributed by atoms with E-state index in [0.29, 0.717) is 17.1 Å². The minimum absolute atomic E-state index is 0.106. The lowest BCUT2D eigenvalue weighted by Gasteiger charge is -2.11. The fourth-order valence-electron chi connectivity index (χ4n) is 2.69. The van der Waals surface area contributed by atoms with Crippen molar-refractivity contribution >= 4 is 11.5 Å². The van der Waals surface area contributed by atoms with Crippen molar-refractivity contribution in [1.29, 1.82) is 0 Å². The molecule has 4 heteroatoms. The molecule has 4 nitrogen and oxygen atoms in total. The van der Waals surface area contributed by atoms with Gasteiger partial charge in [-0.25, -0.2) is 0 Å². The Balaban J connectivity index is 2.14. The topological polar surface area (TPSA) is 47.6 Å². The van der Waals surface area contributed by atoms with Gasteiger partial charge in [0.25, 0.3) is 0 Å². The number of rotatable bonds is 6. The van der Waals surface area contributed by atoms with Gasteiger partial charge in [-0.2, -0.15) is 0 Å². The van der Waals surface area contributed by atoms with E-state index in [1.54, 1.807) is 38.6 Å². The molecule has 1 N–H and O–H groups in total. The molecule has 0 saturated heterocycles. The summed E-state index contributed by atoms with van der Waals surface area (Å²) >= 11 is 0. The number of carbonyl (C=O) groups is 1. The second kappa shape index (κ2) is 7.68. The molecule has 0 spiro atoms. The van der Waals surface area contributed by atoms with Gasteiger partial charge in [0.05, 0.1) is 14.2 Å². The van der Waals surface area contributed by atoms with Gasteiger partial charge >= 0.3 is 0 Å². The molecular weight excluding hydrogens is 302 g/mol. The van der Waals surface area contributed by atoms with Gasteiger partial charge in [0, 0.05) is 23.5 Å². The Morgan fingerprint density at radius 2 is 1.58 bits per heavy atom. The molecule has 2 aromatic carbocycles. The number of hydrogen-bond donors (Lipinski definition) is 1. The number of hydrogen-bond acceptors (Lipinski definition) is 4. The van der Waals surface area contributed by atoms with E-state index in [4.69, 9.17) is 9.47 Å². The van der Waals surface area contributed by atoms with Gasteiger partial charge < -0.3 is 14.8 Å². The molecular formula is C20H23NO3. The van der Waals surface area contributed by atoms with E-state index in [1.165, 1.54) is 11.6 Å².